The number of anilines is 2. The van der Waals surface area contributed by atoms with E-state index in [-0.39, 0.29) is 5.88 Å². The predicted octanol–water partition coefficient (Wildman–Crippen LogP) is 4.41. The third-order valence-corrected chi connectivity index (χ3v) is 3.85. The van der Waals surface area contributed by atoms with Crippen LogP contribution in [0.5, 0.6) is 0 Å². The second-order valence-electron chi connectivity index (χ2n) is 5.85. The number of hydrogen-bond acceptors (Lipinski definition) is 5. The van der Waals surface area contributed by atoms with Crippen LogP contribution in [0.1, 0.15) is 5.56 Å². The number of rotatable bonds is 3. The first-order valence-corrected chi connectivity index (χ1v) is 8.01. The molecule has 1 aromatic carbocycles. The molecule has 0 aliphatic carbocycles. The molecular formula is C17H10F4N6O2. The normalized spacial score (nSPS) is 11.6. The lowest BCUT2D eigenvalue weighted by molar-refractivity contribution is -0.137. The van der Waals surface area contributed by atoms with E-state index in [0.717, 1.165) is 5.39 Å². The fourth-order valence-corrected chi connectivity index (χ4v) is 2.49. The van der Waals surface area contributed by atoms with Crippen molar-refractivity contribution in [3.63, 3.8) is 0 Å². The predicted molar refractivity (Wildman–Crippen MR) is 93.4 cm³/mol. The number of alkyl halides is 3. The molecule has 12 heteroatoms. The van der Waals surface area contributed by atoms with Gasteiger partial charge < -0.3 is 9.84 Å². The van der Waals surface area contributed by atoms with Gasteiger partial charge in [-0.25, -0.2) is 14.2 Å². The third kappa shape index (κ3) is 3.85. The van der Waals surface area contributed by atoms with Gasteiger partial charge in [-0.2, -0.15) is 18.3 Å². The number of carbonyl (C=O) groups is 1. The Hall–Kier alpha value is -3.96. The van der Waals surface area contributed by atoms with Gasteiger partial charge in [-0.05, 0) is 30.3 Å². The zero-order valence-corrected chi connectivity index (χ0v) is 14.2. The van der Waals surface area contributed by atoms with E-state index in [1.807, 2.05) is 5.32 Å². The summed E-state index contributed by atoms with van der Waals surface area (Å²) in [6, 6.07) is 5.44. The minimum atomic E-state index is -4.68. The summed E-state index contributed by atoms with van der Waals surface area (Å²) in [4.78, 5) is 16.3. The van der Waals surface area contributed by atoms with Crippen LogP contribution in [0, 0.1) is 5.82 Å². The van der Waals surface area contributed by atoms with Crippen LogP contribution >= 0.6 is 0 Å². The second kappa shape index (κ2) is 6.89. The number of H-pyrrole nitrogens is 1. The molecule has 2 amide bonds. The van der Waals surface area contributed by atoms with Crippen LogP contribution in [0.3, 0.4) is 0 Å². The van der Waals surface area contributed by atoms with Crippen molar-refractivity contribution < 1.29 is 26.9 Å². The molecule has 0 atom stereocenters. The van der Waals surface area contributed by atoms with Gasteiger partial charge in [-0.15, -0.1) is 0 Å². The second-order valence-corrected chi connectivity index (χ2v) is 5.85. The van der Waals surface area contributed by atoms with Crippen molar-refractivity contribution in [3.8, 4) is 11.4 Å². The lowest BCUT2D eigenvalue weighted by Crippen LogP contribution is -2.20. The van der Waals surface area contributed by atoms with Gasteiger partial charge >= 0.3 is 12.2 Å². The molecule has 0 spiro atoms. The quantitative estimate of drug-likeness (QED) is 0.437. The first-order chi connectivity index (χ1) is 13.8. The van der Waals surface area contributed by atoms with Crippen molar-refractivity contribution in [1.82, 2.24) is 20.3 Å². The van der Waals surface area contributed by atoms with Crippen LogP contribution in [0.4, 0.5) is 33.9 Å². The van der Waals surface area contributed by atoms with Crippen molar-refractivity contribution in [2.24, 2.45) is 0 Å². The molecule has 29 heavy (non-hydrogen) atoms. The SMILES string of the molecule is O=C(Nc1cc(-c2ccc3cn[nH]c3n2)no1)Nc1cc(C(F)(F)F)ccc1F. The summed E-state index contributed by atoms with van der Waals surface area (Å²) < 4.78 is 56.9. The molecular weight excluding hydrogens is 396 g/mol. The number of nitrogens with one attached hydrogen (secondary N) is 3. The summed E-state index contributed by atoms with van der Waals surface area (Å²) in [5, 5.41) is 15.3. The number of halogens is 4. The monoisotopic (exact) mass is 406 g/mol. The number of hydrogen-bond donors (Lipinski definition) is 3. The van der Waals surface area contributed by atoms with E-state index < -0.39 is 29.3 Å². The Kier molecular flexibility index (Phi) is 4.37. The smallest absolute Gasteiger partial charge is 0.338 e. The van der Waals surface area contributed by atoms with Crippen molar-refractivity contribution in [2.45, 2.75) is 6.18 Å². The van der Waals surface area contributed by atoms with E-state index in [4.69, 9.17) is 4.52 Å². The summed E-state index contributed by atoms with van der Waals surface area (Å²) >= 11 is 0. The number of benzene rings is 1. The molecule has 0 radical (unpaired) electrons. The first-order valence-electron chi connectivity index (χ1n) is 8.01. The van der Waals surface area contributed by atoms with Crippen LogP contribution in [-0.4, -0.2) is 26.4 Å². The molecule has 0 saturated carbocycles. The summed E-state index contributed by atoms with van der Waals surface area (Å²) in [6.45, 7) is 0. The Morgan fingerprint density at radius 2 is 1.90 bits per heavy atom. The molecule has 3 N–H and O–H groups in total. The fourth-order valence-electron chi connectivity index (χ4n) is 2.49. The van der Waals surface area contributed by atoms with Gasteiger partial charge in [0.15, 0.2) is 5.65 Å². The molecule has 148 valence electrons. The van der Waals surface area contributed by atoms with E-state index in [9.17, 15) is 22.4 Å². The van der Waals surface area contributed by atoms with Crippen LogP contribution in [0.2, 0.25) is 0 Å². The minimum absolute atomic E-state index is 0.114. The minimum Gasteiger partial charge on any atom is -0.338 e. The van der Waals surface area contributed by atoms with E-state index in [1.54, 1.807) is 18.3 Å². The number of aromatic nitrogens is 4. The standard InChI is InChI=1S/C17H10F4N6O2/c18-10-3-2-9(17(19,20)21)5-12(10)24-16(28)25-14-6-13(27-29-14)11-4-1-8-7-22-26-15(8)23-11/h1-7H,(H,22,23,26)(H2,24,25,28). The molecule has 3 aromatic heterocycles. The average molecular weight is 406 g/mol. The maximum atomic E-state index is 13.7. The lowest BCUT2D eigenvalue weighted by Gasteiger charge is -2.10. The van der Waals surface area contributed by atoms with Gasteiger partial charge in [0.25, 0.3) is 0 Å². The highest BCUT2D eigenvalue weighted by molar-refractivity contribution is 5.99. The number of urea groups is 1. The molecule has 0 unspecified atom stereocenters. The van der Waals surface area contributed by atoms with Gasteiger partial charge in [0.2, 0.25) is 5.88 Å². The Labute approximate surface area is 158 Å². The topological polar surface area (TPSA) is 109 Å². The number of nitrogens with zero attached hydrogens (tertiary/aromatic N) is 3. The fraction of sp³-hybridized carbons (Fsp3) is 0.0588. The van der Waals surface area contributed by atoms with Crippen LogP contribution < -0.4 is 10.6 Å². The molecule has 0 fully saturated rings. The van der Waals surface area contributed by atoms with Gasteiger partial charge in [0, 0.05) is 11.5 Å². The number of pyridine rings is 1. The number of carbonyl (C=O) groups excluding carboxylic acids is 1. The number of amides is 2. The third-order valence-electron chi connectivity index (χ3n) is 3.85. The number of fused-ring (bicyclic) bond motifs is 1. The van der Waals surface area contributed by atoms with Gasteiger partial charge in [-0.3, -0.25) is 10.4 Å². The highest BCUT2D eigenvalue weighted by Crippen LogP contribution is 2.32. The average Bonchev–Trinajstić information content (AvgIpc) is 3.31. The summed E-state index contributed by atoms with van der Waals surface area (Å²) in [5.74, 6) is -1.14. The van der Waals surface area contributed by atoms with Crippen molar-refractivity contribution in [3.05, 3.63) is 54.0 Å². The van der Waals surface area contributed by atoms with Gasteiger partial charge in [0.05, 0.1) is 23.1 Å². The summed E-state index contributed by atoms with van der Waals surface area (Å²) in [5.41, 5.74) is -0.484. The van der Waals surface area contributed by atoms with E-state index >= 15 is 0 Å². The first kappa shape index (κ1) is 18.4. The van der Waals surface area contributed by atoms with Gasteiger partial charge in [0.1, 0.15) is 11.5 Å². The molecule has 0 aliphatic rings. The van der Waals surface area contributed by atoms with E-state index in [1.165, 1.54) is 6.07 Å². The lowest BCUT2D eigenvalue weighted by atomic mass is 10.2. The molecule has 0 saturated heterocycles. The maximum absolute atomic E-state index is 13.7. The van der Waals surface area contributed by atoms with Crippen LogP contribution in [0.25, 0.3) is 22.4 Å². The summed E-state index contributed by atoms with van der Waals surface area (Å²) in [7, 11) is 0. The van der Waals surface area contributed by atoms with Crippen LogP contribution in [-0.2, 0) is 6.18 Å². The Morgan fingerprint density at radius 1 is 1.07 bits per heavy atom. The molecule has 4 aromatic rings. The van der Waals surface area contributed by atoms with Crippen LogP contribution in [0.15, 0.2) is 47.1 Å². The number of aromatic amines is 1. The Morgan fingerprint density at radius 3 is 2.69 bits per heavy atom. The Balaban J connectivity index is 1.48. The van der Waals surface area contributed by atoms with Crippen molar-refractivity contribution in [2.75, 3.05) is 10.6 Å². The maximum Gasteiger partial charge on any atom is 0.416 e. The van der Waals surface area contributed by atoms with Crippen molar-refractivity contribution >= 4 is 28.6 Å². The zero-order chi connectivity index (χ0) is 20.6. The Bertz CT molecular complexity index is 1200. The van der Waals surface area contributed by atoms with Gasteiger partial charge in [-0.1, -0.05) is 5.16 Å². The van der Waals surface area contributed by atoms with E-state index in [0.29, 0.717) is 35.2 Å². The molecule has 3 heterocycles. The largest absolute Gasteiger partial charge is 0.416 e. The molecule has 0 aliphatic heterocycles. The highest BCUT2D eigenvalue weighted by Gasteiger charge is 2.31. The van der Waals surface area contributed by atoms with Crippen molar-refractivity contribution in [1.29, 1.82) is 0 Å². The summed E-state index contributed by atoms with van der Waals surface area (Å²) in [6.07, 6.45) is -3.08. The molecule has 8 nitrogen and oxygen atoms in total. The molecule has 4 rings (SSSR count). The molecule has 0 bridgehead atoms. The zero-order valence-electron chi connectivity index (χ0n) is 14.2. The van der Waals surface area contributed by atoms with E-state index in [2.05, 4.69) is 25.7 Å². The highest BCUT2D eigenvalue weighted by atomic mass is 19.4.